The second kappa shape index (κ2) is 17.2. The number of ether oxygens (including phenoxy) is 2. The smallest absolute Gasteiger partial charge is 0.201 e. The Hall–Kier alpha value is -5.78. The van der Waals surface area contributed by atoms with Crippen LogP contribution in [0.4, 0.5) is 0 Å². The van der Waals surface area contributed by atoms with Crippen molar-refractivity contribution in [2.75, 3.05) is 13.2 Å². The zero-order valence-corrected chi connectivity index (χ0v) is 30.9. The monoisotopic (exact) mass is 758 g/mol. The van der Waals surface area contributed by atoms with Crippen molar-refractivity contribution in [3.63, 3.8) is 0 Å². The first-order valence-corrected chi connectivity index (χ1v) is 18.8. The van der Waals surface area contributed by atoms with E-state index in [1.54, 1.807) is 6.08 Å². The number of hydrogen-bond donors (Lipinski definition) is 0. The third-order valence-electron chi connectivity index (χ3n) is 9.34. The van der Waals surface area contributed by atoms with Gasteiger partial charge in [-0.1, -0.05) is 121 Å². The Labute approximate surface area is 319 Å². The molecule has 0 radical (unpaired) electrons. The number of carbonyl (C=O) groups excluding carboxylic acids is 2. The fourth-order valence-electron chi connectivity index (χ4n) is 6.67. The highest BCUT2D eigenvalue weighted by Crippen LogP contribution is 2.41. The predicted octanol–water partition coefficient (Wildman–Crippen LogP) is 11.4. The van der Waals surface area contributed by atoms with Crippen molar-refractivity contribution in [1.29, 1.82) is 0 Å². The second-order valence-corrected chi connectivity index (χ2v) is 13.8. The van der Waals surface area contributed by atoms with Gasteiger partial charge in [0.2, 0.25) is 5.78 Å². The largest absolute Gasteiger partial charge is 0.494 e. The van der Waals surface area contributed by atoms with Crippen LogP contribution in [-0.4, -0.2) is 24.8 Å². The van der Waals surface area contributed by atoms with E-state index in [2.05, 4.69) is 64.5 Å². The number of halogens is 1. The zero-order chi connectivity index (χ0) is 36.4. The molecule has 0 aliphatic heterocycles. The first kappa shape index (κ1) is 35.6. The number of rotatable bonds is 12. The molecule has 0 N–H and O–H groups in total. The Morgan fingerprint density at radius 3 is 1.49 bits per heavy atom. The van der Waals surface area contributed by atoms with E-state index < -0.39 is 0 Å². The molecule has 0 aromatic heterocycles. The Morgan fingerprint density at radius 1 is 0.472 bits per heavy atom. The van der Waals surface area contributed by atoms with Gasteiger partial charge in [0.25, 0.3) is 0 Å². The first-order chi connectivity index (χ1) is 26.0. The summed E-state index contributed by atoms with van der Waals surface area (Å²) in [6.07, 6.45) is 5.58. The lowest BCUT2D eigenvalue weighted by Gasteiger charge is -2.09. The SMILES string of the molecule is O=C1C(Br)=C(c2ccccc2)c2ccc(OCCCc3ccccc3)cc21.O=C1C=C(c2ccccc2)c2ccc(OCCCc3ccccc3)cc21. The summed E-state index contributed by atoms with van der Waals surface area (Å²) in [6.45, 7) is 1.27. The maximum atomic E-state index is 12.7. The normalized spacial score (nSPS) is 12.8. The van der Waals surface area contributed by atoms with Crippen LogP contribution in [0, 0.1) is 0 Å². The van der Waals surface area contributed by atoms with Gasteiger partial charge in [0.15, 0.2) is 5.78 Å². The quantitative estimate of drug-likeness (QED) is 0.117. The lowest BCUT2D eigenvalue weighted by Crippen LogP contribution is -2.01. The Kier molecular flexibility index (Phi) is 11.5. The summed E-state index contributed by atoms with van der Waals surface area (Å²) in [6, 6.07) is 52.4. The molecule has 0 heterocycles. The molecule has 53 heavy (non-hydrogen) atoms. The lowest BCUT2D eigenvalue weighted by molar-refractivity contribution is 0.104. The molecular formula is C48H39BrO4. The van der Waals surface area contributed by atoms with Crippen molar-refractivity contribution >= 4 is 38.6 Å². The van der Waals surface area contributed by atoms with Crippen LogP contribution in [0.3, 0.4) is 0 Å². The van der Waals surface area contributed by atoms with E-state index in [-0.39, 0.29) is 11.6 Å². The van der Waals surface area contributed by atoms with E-state index in [0.29, 0.717) is 23.3 Å². The molecular weight excluding hydrogens is 720 g/mol. The average Bonchev–Trinajstić information content (AvgIpc) is 3.68. The van der Waals surface area contributed by atoms with Gasteiger partial charge in [-0.05, 0) is 123 Å². The van der Waals surface area contributed by atoms with Crippen LogP contribution in [-0.2, 0) is 12.8 Å². The molecule has 0 saturated carbocycles. The van der Waals surface area contributed by atoms with Crippen molar-refractivity contribution in [3.05, 3.63) is 213 Å². The highest BCUT2D eigenvalue weighted by molar-refractivity contribution is 9.12. The minimum Gasteiger partial charge on any atom is -0.494 e. The highest BCUT2D eigenvalue weighted by Gasteiger charge is 2.29. The van der Waals surface area contributed by atoms with E-state index in [1.807, 2.05) is 109 Å². The van der Waals surface area contributed by atoms with Crippen molar-refractivity contribution in [2.45, 2.75) is 25.7 Å². The molecule has 0 spiro atoms. The summed E-state index contributed by atoms with van der Waals surface area (Å²) in [4.78, 5) is 25.1. The van der Waals surface area contributed by atoms with Gasteiger partial charge >= 0.3 is 0 Å². The van der Waals surface area contributed by atoms with Gasteiger partial charge in [-0.3, -0.25) is 9.59 Å². The number of carbonyl (C=O) groups is 2. The van der Waals surface area contributed by atoms with Crippen molar-refractivity contribution in [2.24, 2.45) is 0 Å². The molecule has 0 unspecified atom stereocenters. The Bertz CT molecular complexity index is 2260. The van der Waals surface area contributed by atoms with Crippen molar-refractivity contribution in [1.82, 2.24) is 0 Å². The number of Topliss-reactive ketones (excluding diaryl/α,β-unsaturated/α-hetero) is 1. The maximum absolute atomic E-state index is 12.7. The van der Waals surface area contributed by atoms with Gasteiger partial charge in [0.1, 0.15) is 11.5 Å². The van der Waals surface area contributed by atoms with Gasteiger partial charge in [-0.2, -0.15) is 0 Å². The number of benzene rings is 6. The van der Waals surface area contributed by atoms with E-state index in [9.17, 15) is 9.59 Å². The molecule has 262 valence electrons. The molecule has 0 saturated heterocycles. The minimum atomic E-state index is 0.0126. The van der Waals surface area contributed by atoms with E-state index in [0.717, 1.165) is 76.1 Å². The molecule has 0 atom stereocenters. The highest BCUT2D eigenvalue weighted by atomic mass is 79.9. The fraction of sp³-hybridized carbons (Fsp3) is 0.125. The van der Waals surface area contributed by atoms with E-state index in [4.69, 9.17) is 9.47 Å². The Balaban J connectivity index is 0.000000164. The molecule has 2 aliphatic carbocycles. The van der Waals surface area contributed by atoms with Crippen LogP contribution in [0.5, 0.6) is 11.5 Å². The van der Waals surface area contributed by atoms with Gasteiger partial charge in [0.05, 0.1) is 17.7 Å². The van der Waals surface area contributed by atoms with Crippen LogP contribution < -0.4 is 9.47 Å². The molecule has 6 aromatic carbocycles. The predicted molar refractivity (Wildman–Crippen MR) is 217 cm³/mol. The van der Waals surface area contributed by atoms with Crippen molar-refractivity contribution in [3.8, 4) is 11.5 Å². The Morgan fingerprint density at radius 2 is 0.943 bits per heavy atom. The van der Waals surface area contributed by atoms with E-state index in [1.165, 1.54) is 11.1 Å². The third-order valence-corrected chi connectivity index (χ3v) is 10.1. The third kappa shape index (κ3) is 8.65. The summed E-state index contributed by atoms with van der Waals surface area (Å²) in [7, 11) is 0. The van der Waals surface area contributed by atoms with Crippen LogP contribution in [0.1, 0.15) is 66.9 Å². The van der Waals surface area contributed by atoms with Crippen LogP contribution >= 0.6 is 15.9 Å². The molecule has 4 nitrogen and oxygen atoms in total. The average molecular weight is 760 g/mol. The van der Waals surface area contributed by atoms with Crippen LogP contribution in [0.15, 0.2) is 168 Å². The molecule has 0 fully saturated rings. The molecule has 6 aromatic rings. The summed E-state index contributed by atoms with van der Waals surface area (Å²) in [5.41, 5.74) is 10.0. The standard InChI is InChI=1S/C24H19BrO2.C24H20O2/c25-23-22(18-11-5-2-6-12-18)20-14-13-19(16-21(20)24(23)26)27-15-7-10-17-8-3-1-4-9-17;25-24-17-22(19-11-5-2-6-12-19)21-14-13-20(16-23(21)24)26-15-7-10-18-8-3-1-4-9-18/h1-6,8-9,11-14,16H,7,10,15H2;1-6,8-9,11-14,16-17H,7,10,15H2. The molecule has 8 rings (SSSR count). The van der Waals surface area contributed by atoms with Gasteiger partial charge in [-0.15, -0.1) is 0 Å². The summed E-state index contributed by atoms with van der Waals surface area (Å²) in [5, 5.41) is 0. The van der Waals surface area contributed by atoms with Crippen LogP contribution in [0.25, 0.3) is 11.1 Å². The number of allylic oxidation sites excluding steroid dienone is 2. The maximum Gasteiger partial charge on any atom is 0.201 e. The molecule has 2 aliphatic rings. The van der Waals surface area contributed by atoms with E-state index >= 15 is 0 Å². The second-order valence-electron chi connectivity index (χ2n) is 13.0. The minimum absolute atomic E-state index is 0.0126. The lowest BCUT2D eigenvalue weighted by atomic mass is 9.99. The number of hydrogen-bond acceptors (Lipinski definition) is 4. The van der Waals surface area contributed by atoms with Gasteiger partial charge < -0.3 is 9.47 Å². The molecule has 0 bridgehead atoms. The number of aryl methyl sites for hydroxylation is 2. The van der Waals surface area contributed by atoms with Crippen LogP contribution in [0.2, 0.25) is 0 Å². The topological polar surface area (TPSA) is 52.6 Å². The summed E-state index contributed by atoms with van der Waals surface area (Å²) < 4.78 is 12.4. The summed E-state index contributed by atoms with van der Waals surface area (Å²) >= 11 is 3.49. The van der Waals surface area contributed by atoms with Gasteiger partial charge in [-0.25, -0.2) is 0 Å². The number of ketones is 2. The van der Waals surface area contributed by atoms with Gasteiger partial charge in [0, 0.05) is 16.7 Å². The molecule has 0 amide bonds. The number of fused-ring (bicyclic) bond motifs is 2. The first-order valence-electron chi connectivity index (χ1n) is 18.0. The fourth-order valence-corrected chi connectivity index (χ4v) is 7.33. The summed E-state index contributed by atoms with van der Waals surface area (Å²) in [5.74, 6) is 1.56. The zero-order valence-electron chi connectivity index (χ0n) is 29.3. The van der Waals surface area contributed by atoms with Crippen molar-refractivity contribution < 1.29 is 19.1 Å². The molecule has 5 heteroatoms.